The summed E-state index contributed by atoms with van der Waals surface area (Å²) in [5.41, 5.74) is 6.84. The van der Waals surface area contributed by atoms with Gasteiger partial charge in [0, 0.05) is 22.5 Å². The van der Waals surface area contributed by atoms with Crippen molar-refractivity contribution in [2.75, 3.05) is 13.2 Å². The molecule has 0 spiro atoms. The Balaban J connectivity index is 2.38. The van der Waals surface area contributed by atoms with Gasteiger partial charge in [-0.15, -0.1) is 0 Å². The quantitative estimate of drug-likeness (QED) is 0.774. The standard InChI is InChI=1S/C11H14ClNO/c1-11(6-13)5-8-9(12)3-2-4-10(8)14-7-11/h2-4H,5-7,13H2,1H3. The van der Waals surface area contributed by atoms with Crippen LogP contribution in [0, 0.1) is 5.41 Å². The van der Waals surface area contributed by atoms with Crippen LogP contribution in [0.15, 0.2) is 18.2 Å². The Labute approximate surface area is 89.0 Å². The SMILES string of the molecule is CC1(CN)COc2cccc(Cl)c2C1. The molecule has 1 aromatic rings. The van der Waals surface area contributed by atoms with Crippen LogP contribution >= 0.6 is 11.6 Å². The zero-order valence-electron chi connectivity index (χ0n) is 8.22. The fourth-order valence-corrected chi connectivity index (χ4v) is 1.94. The molecule has 0 saturated carbocycles. The fourth-order valence-electron chi connectivity index (χ4n) is 1.71. The Morgan fingerprint density at radius 2 is 2.36 bits per heavy atom. The highest BCUT2D eigenvalue weighted by atomic mass is 35.5. The summed E-state index contributed by atoms with van der Waals surface area (Å²) in [5, 5.41) is 0.780. The second-order valence-corrected chi connectivity index (χ2v) is 4.60. The number of nitrogens with two attached hydrogens (primary N) is 1. The number of fused-ring (bicyclic) bond motifs is 1. The monoisotopic (exact) mass is 211 g/mol. The number of hydrogen-bond acceptors (Lipinski definition) is 2. The van der Waals surface area contributed by atoms with Crippen molar-refractivity contribution in [2.24, 2.45) is 11.1 Å². The first-order chi connectivity index (χ1) is 6.64. The van der Waals surface area contributed by atoms with Gasteiger partial charge in [-0.1, -0.05) is 24.6 Å². The van der Waals surface area contributed by atoms with Gasteiger partial charge in [0.1, 0.15) is 5.75 Å². The third-order valence-electron chi connectivity index (χ3n) is 2.75. The Morgan fingerprint density at radius 3 is 3.07 bits per heavy atom. The Morgan fingerprint density at radius 1 is 1.57 bits per heavy atom. The van der Waals surface area contributed by atoms with Crippen LogP contribution < -0.4 is 10.5 Å². The summed E-state index contributed by atoms with van der Waals surface area (Å²) >= 11 is 6.11. The van der Waals surface area contributed by atoms with Gasteiger partial charge >= 0.3 is 0 Å². The molecular formula is C11H14ClNO. The van der Waals surface area contributed by atoms with E-state index in [-0.39, 0.29) is 5.41 Å². The summed E-state index contributed by atoms with van der Waals surface area (Å²) in [5.74, 6) is 0.906. The highest BCUT2D eigenvalue weighted by Crippen LogP contribution is 2.37. The number of benzene rings is 1. The van der Waals surface area contributed by atoms with Gasteiger partial charge in [-0.2, -0.15) is 0 Å². The van der Waals surface area contributed by atoms with Gasteiger partial charge in [-0.25, -0.2) is 0 Å². The zero-order chi connectivity index (χ0) is 10.2. The first-order valence-electron chi connectivity index (χ1n) is 4.75. The predicted molar refractivity (Wildman–Crippen MR) is 57.8 cm³/mol. The van der Waals surface area contributed by atoms with Gasteiger partial charge in [0.05, 0.1) is 6.61 Å². The molecule has 1 unspecified atom stereocenters. The zero-order valence-corrected chi connectivity index (χ0v) is 8.97. The second kappa shape index (κ2) is 3.44. The minimum Gasteiger partial charge on any atom is -0.493 e. The van der Waals surface area contributed by atoms with Crippen molar-refractivity contribution in [3.63, 3.8) is 0 Å². The maximum atomic E-state index is 6.11. The molecule has 1 atom stereocenters. The third kappa shape index (κ3) is 1.60. The van der Waals surface area contributed by atoms with Crippen molar-refractivity contribution in [2.45, 2.75) is 13.3 Å². The van der Waals surface area contributed by atoms with Gasteiger partial charge in [0.25, 0.3) is 0 Å². The first kappa shape index (κ1) is 9.81. The molecule has 1 aromatic carbocycles. The van der Waals surface area contributed by atoms with Crippen molar-refractivity contribution >= 4 is 11.6 Å². The van der Waals surface area contributed by atoms with Gasteiger partial charge in [-0.05, 0) is 18.6 Å². The highest BCUT2D eigenvalue weighted by molar-refractivity contribution is 6.31. The van der Waals surface area contributed by atoms with E-state index in [9.17, 15) is 0 Å². The molecule has 1 heterocycles. The Bertz CT molecular complexity index is 353. The number of hydrogen-bond donors (Lipinski definition) is 1. The topological polar surface area (TPSA) is 35.2 Å². The van der Waals surface area contributed by atoms with E-state index in [1.165, 1.54) is 0 Å². The van der Waals surface area contributed by atoms with Gasteiger partial charge in [0.2, 0.25) is 0 Å². The summed E-state index contributed by atoms with van der Waals surface area (Å²) in [6.45, 7) is 3.42. The second-order valence-electron chi connectivity index (χ2n) is 4.20. The van der Waals surface area contributed by atoms with Crippen molar-refractivity contribution in [3.8, 4) is 5.75 Å². The summed E-state index contributed by atoms with van der Waals surface area (Å²) in [7, 11) is 0. The maximum absolute atomic E-state index is 6.11. The van der Waals surface area contributed by atoms with Crippen LogP contribution in [0.25, 0.3) is 0 Å². The van der Waals surface area contributed by atoms with E-state index in [1.807, 2.05) is 18.2 Å². The molecule has 0 radical (unpaired) electrons. The average Bonchev–Trinajstić information content (AvgIpc) is 2.20. The molecule has 0 fully saturated rings. The summed E-state index contributed by atoms with van der Waals surface area (Å²) < 4.78 is 5.65. The van der Waals surface area contributed by atoms with Crippen LogP contribution in [0.2, 0.25) is 5.02 Å². The lowest BCUT2D eigenvalue weighted by molar-refractivity contribution is 0.144. The molecule has 0 saturated heterocycles. The molecule has 76 valence electrons. The van der Waals surface area contributed by atoms with Crippen LogP contribution in [0.5, 0.6) is 5.75 Å². The minimum absolute atomic E-state index is 0.0258. The molecule has 2 rings (SSSR count). The molecule has 0 bridgehead atoms. The lowest BCUT2D eigenvalue weighted by Crippen LogP contribution is -2.38. The average molecular weight is 212 g/mol. The van der Waals surface area contributed by atoms with Crippen molar-refractivity contribution in [1.82, 2.24) is 0 Å². The van der Waals surface area contributed by atoms with Crippen LogP contribution in [-0.2, 0) is 6.42 Å². The van der Waals surface area contributed by atoms with E-state index in [4.69, 9.17) is 22.1 Å². The van der Waals surface area contributed by atoms with Gasteiger partial charge in [-0.3, -0.25) is 0 Å². The number of ether oxygens (including phenoxy) is 1. The maximum Gasteiger partial charge on any atom is 0.124 e. The molecule has 0 aliphatic carbocycles. The van der Waals surface area contributed by atoms with Crippen molar-refractivity contribution < 1.29 is 4.74 Å². The van der Waals surface area contributed by atoms with E-state index in [2.05, 4.69) is 6.92 Å². The van der Waals surface area contributed by atoms with Crippen molar-refractivity contribution in [3.05, 3.63) is 28.8 Å². The highest BCUT2D eigenvalue weighted by Gasteiger charge is 2.31. The lowest BCUT2D eigenvalue weighted by atomic mass is 9.82. The first-order valence-corrected chi connectivity index (χ1v) is 5.13. The van der Waals surface area contributed by atoms with Gasteiger partial charge in [0.15, 0.2) is 0 Å². The minimum atomic E-state index is 0.0258. The summed E-state index contributed by atoms with van der Waals surface area (Å²) in [6.07, 6.45) is 0.901. The van der Waals surface area contributed by atoms with Crippen LogP contribution in [-0.4, -0.2) is 13.2 Å². The lowest BCUT2D eigenvalue weighted by Gasteiger charge is -2.34. The smallest absolute Gasteiger partial charge is 0.124 e. The van der Waals surface area contributed by atoms with Crippen LogP contribution in [0.1, 0.15) is 12.5 Å². The van der Waals surface area contributed by atoms with Gasteiger partial charge < -0.3 is 10.5 Å². The molecule has 2 N–H and O–H groups in total. The van der Waals surface area contributed by atoms with Crippen LogP contribution in [0.3, 0.4) is 0 Å². The van der Waals surface area contributed by atoms with Crippen molar-refractivity contribution in [1.29, 1.82) is 0 Å². The Hall–Kier alpha value is -0.730. The molecule has 1 aliphatic heterocycles. The molecule has 0 aromatic heterocycles. The molecular weight excluding hydrogens is 198 g/mol. The third-order valence-corrected chi connectivity index (χ3v) is 3.10. The van der Waals surface area contributed by atoms with Crippen LogP contribution in [0.4, 0.5) is 0 Å². The fraction of sp³-hybridized carbons (Fsp3) is 0.455. The predicted octanol–water partition coefficient (Wildman–Crippen LogP) is 2.24. The van der Waals surface area contributed by atoms with E-state index in [1.54, 1.807) is 0 Å². The number of halogens is 1. The molecule has 3 heteroatoms. The normalized spacial score (nSPS) is 25.4. The molecule has 1 aliphatic rings. The largest absolute Gasteiger partial charge is 0.493 e. The Kier molecular flexibility index (Phi) is 2.41. The summed E-state index contributed by atoms with van der Waals surface area (Å²) in [6, 6.07) is 5.76. The molecule has 2 nitrogen and oxygen atoms in total. The van der Waals surface area contributed by atoms with E-state index in [0.29, 0.717) is 13.2 Å². The van der Waals surface area contributed by atoms with E-state index in [0.717, 1.165) is 22.8 Å². The summed E-state index contributed by atoms with van der Waals surface area (Å²) in [4.78, 5) is 0. The molecule has 0 amide bonds. The number of rotatable bonds is 1. The molecule has 14 heavy (non-hydrogen) atoms. The van der Waals surface area contributed by atoms with E-state index < -0.39 is 0 Å². The van der Waals surface area contributed by atoms with E-state index >= 15 is 0 Å².